The second-order valence-electron chi connectivity index (χ2n) is 7.08. The summed E-state index contributed by atoms with van der Waals surface area (Å²) in [5.74, 6) is 0.124. The minimum Gasteiger partial charge on any atom is -0.493 e. The molecule has 30 heavy (non-hydrogen) atoms. The highest BCUT2D eigenvalue weighted by molar-refractivity contribution is 6.09. The molecule has 0 unspecified atom stereocenters. The van der Waals surface area contributed by atoms with E-state index in [1.807, 2.05) is 19.0 Å². The van der Waals surface area contributed by atoms with Crippen LogP contribution < -0.4 is 14.4 Å². The van der Waals surface area contributed by atoms with Gasteiger partial charge in [0.2, 0.25) is 0 Å². The molecule has 0 aromatic heterocycles. The number of rotatable bonds is 8. The van der Waals surface area contributed by atoms with Gasteiger partial charge in [-0.2, -0.15) is 13.2 Å². The highest BCUT2D eigenvalue weighted by Gasteiger charge is 2.33. The number of hydrogen-bond donors (Lipinski definition) is 0. The van der Waals surface area contributed by atoms with E-state index in [0.29, 0.717) is 31.3 Å². The number of ether oxygens (including phenoxy) is 2. The quantitative estimate of drug-likeness (QED) is 0.620. The van der Waals surface area contributed by atoms with Crippen LogP contribution in [0.4, 0.5) is 18.9 Å². The summed E-state index contributed by atoms with van der Waals surface area (Å²) in [6.45, 7) is 4.47. The van der Waals surface area contributed by atoms with Crippen molar-refractivity contribution in [2.45, 2.75) is 20.0 Å². The third-order valence-corrected chi connectivity index (χ3v) is 4.52. The molecule has 0 N–H and O–H groups in total. The van der Waals surface area contributed by atoms with Crippen LogP contribution in [0.2, 0.25) is 0 Å². The maximum Gasteiger partial charge on any atom is 0.416 e. The van der Waals surface area contributed by atoms with Crippen molar-refractivity contribution in [2.75, 3.05) is 45.8 Å². The number of alkyl halides is 3. The van der Waals surface area contributed by atoms with Crippen molar-refractivity contribution in [1.82, 2.24) is 4.90 Å². The zero-order valence-electron chi connectivity index (χ0n) is 17.8. The standard InChI is InChI=1S/C22H27F3N2O3/c1-6-29-18-8-7-9-19(30-13-12-26(3)4)20(18)21(28)27(5)16-11-10-15(2)17(14-16)22(23,24)25/h7-11,14H,6,12-13H2,1-5H3. The normalized spacial score (nSPS) is 11.5. The van der Waals surface area contributed by atoms with Gasteiger partial charge in [0, 0.05) is 19.3 Å². The molecule has 0 fully saturated rings. The lowest BCUT2D eigenvalue weighted by atomic mass is 10.1. The van der Waals surface area contributed by atoms with E-state index in [2.05, 4.69) is 0 Å². The highest BCUT2D eigenvalue weighted by Crippen LogP contribution is 2.36. The average Bonchev–Trinajstić information content (AvgIpc) is 2.66. The van der Waals surface area contributed by atoms with Crippen LogP contribution in [0, 0.1) is 6.92 Å². The molecule has 0 saturated carbocycles. The van der Waals surface area contributed by atoms with Crippen molar-refractivity contribution in [3.05, 3.63) is 53.1 Å². The van der Waals surface area contributed by atoms with E-state index >= 15 is 0 Å². The molecule has 8 heteroatoms. The molecule has 0 aliphatic heterocycles. The third-order valence-electron chi connectivity index (χ3n) is 4.52. The van der Waals surface area contributed by atoms with Crippen molar-refractivity contribution in [2.24, 2.45) is 0 Å². The van der Waals surface area contributed by atoms with Crippen LogP contribution in [0.5, 0.6) is 11.5 Å². The van der Waals surface area contributed by atoms with Gasteiger partial charge >= 0.3 is 6.18 Å². The number of amides is 1. The number of anilines is 1. The summed E-state index contributed by atoms with van der Waals surface area (Å²) in [5, 5.41) is 0. The van der Waals surface area contributed by atoms with Gasteiger partial charge in [-0.3, -0.25) is 4.79 Å². The molecular formula is C22H27F3N2O3. The first-order chi connectivity index (χ1) is 14.1. The third kappa shape index (κ3) is 5.66. The largest absolute Gasteiger partial charge is 0.493 e. The number of benzene rings is 2. The fourth-order valence-electron chi connectivity index (χ4n) is 2.86. The minimum absolute atomic E-state index is 0.0922. The average molecular weight is 424 g/mol. The lowest BCUT2D eigenvalue weighted by molar-refractivity contribution is -0.138. The molecule has 2 aromatic rings. The second kappa shape index (κ2) is 9.84. The Morgan fingerprint density at radius 2 is 1.67 bits per heavy atom. The Hall–Kier alpha value is -2.74. The Balaban J connectivity index is 2.43. The Kier molecular flexibility index (Phi) is 7.72. The second-order valence-corrected chi connectivity index (χ2v) is 7.08. The number of nitrogens with zero attached hydrogens (tertiary/aromatic N) is 2. The maximum absolute atomic E-state index is 13.3. The molecule has 1 amide bonds. The van der Waals surface area contributed by atoms with Crippen molar-refractivity contribution in [1.29, 1.82) is 0 Å². The van der Waals surface area contributed by atoms with Crippen LogP contribution >= 0.6 is 0 Å². The van der Waals surface area contributed by atoms with Gasteiger partial charge in [-0.25, -0.2) is 0 Å². The van der Waals surface area contributed by atoms with E-state index in [1.165, 1.54) is 31.0 Å². The number of likely N-dealkylation sites (N-methyl/N-ethyl adjacent to an activating group) is 1. The van der Waals surface area contributed by atoms with Gasteiger partial charge in [-0.05, 0) is 57.8 Å². The Bertz CT molecular complexity index is 882. The molecule has 0 aliphatic rings. The van der Waals surface area contributed by atoms with Crippen molar-refractivity contribution < 1.29 is 27.4 Å². The summed E-state index contributed by atoms with van der Waals surface area (Å²) in [7, 11) is 5.23. The fourth-order valence-corrected chi connectivity index (χ4v) is 2.86. The topological polar surface area (TPSA) is 42.0 Å². The van der Waals surface area contributed by atoms with Crippen molar-refractivity contribution in [3.63, 3.8) is 0 Å². The molecule has 0 bridgehead atoms. The van der Waals surface area contributed by atoms with E-state index in [1.54, 1.807) is 25.1 Å². The first kappa shape index (κ1) is 23.5. The molecule has 0 atom stereocenters. The van der Waals surface area contributed by atoms with Crippen LogP contribution in [-0.4, -0.2) is 51.7 Å². The summed E-state index contributed by atoms with van der Waals surface area (Å²) in [4.78, 5) is 16.4. The zero-order chi connectivity index (χ0) is 22.5. The van der Waals surface area contributed by atoms with Gasteiger partial charge in [-0.1, -0.05) is 12.1 Å². The first-order valence-corrected chi connectivity index (χ1v) is 9.55. The maximum atomic E-state index is 13.3. The van der Waals surface area contributed by atoms with Crippen LogP contribution in [0.1, 0.15) is 28.4 Å². The van der Waals surface area contributed by atoms with Gasteiger partial charge in [0.1, 0.15) is 23.7 Å². The summed E-state index contributed by atoms with van der Waals surface area (Å²) >= 11 is 0. The van der Waals surface area contributed by atoms with Gasteiger partial charge in [-0.15, -0.1) is 0 Å². The van der Waals surface area contributed by atoms with Crippen molar-refractivity contribution in [3.8, 4) is 11.5 Å². The number of carbonyl (C=O) groups excluding carboxylic acids is 1. The Labute approximate surface area is 175 Å². The van der Waals surface area contributed by atoms with E-state index < -0.39 is 17.6 Å². The predicted molar refractivity (Wildman–Crippen MR) is 111 cm³/mol. The summed E-state index contributed by atoms with van der Waals surface area (Å²) in [6, 6.07) is 8.81. The molecule has 5 nitrogen and oxygen atoms in total. The fraction of sp³-hybridized carbons (Fsp3) is 0.409. The Morgan fingerprint density at radius 1 is 1.03 bits per heavy atom. The Morgan fingerprint density at radius 3 is 2.23 bits per heavy atom. The summed E-state index contributed by atoms with van der Waals surface area (Å²) in [5.41, 5.74) is -0.382. The predicted octanol–water partition coefficient (Wildman–Crippen LogP) is 4.63. The molecule has 2 aromatic carbocycles. The SMILES string of the molecule is CCOc1cccc(OCCN(C)C)c1C(=O)N(C)c1ccc(C)c(C(F)(F)F)c1. The molecule has 0 aliphatic carbocycles. The van der Waals surface area contributed by atoms with Crippen LogP contribution in [0.3, 0.4) is 0 Å². The van der Waals surface area contributed by atoms with E-state index in [4.69, 9.17) is 9.47 Å². The molecule has 0 saturated heterocycles. The van der Waals surface area contributed by atoms with Crippen LogP contribution in [-0.2, 0) is 6.18 Å². The number of carbonyl (C=O) groups is 1. The van der Waals surface area contributed by atoms with E-state index in [0.717, 1.165) is 6.07 Å². The lowest BCUT2D eigenvalue weighted by Gasteiger charge is -2.23. The summed E-state index contributed by atoms with van der Waals surface area (Å²) < 4.78 is 51.3. The lowest BCUT2D eigenvalue weighted by Crippen LogP contribution is -2.28. The van der Waals surface area contributed by atoms with Crippen molar-refractivity contribution >= 4 is 11.6 Å². The number of aryl methyl sites for hydroxylation is 1. The van der Waals surface area contributed by atoms with Gasteiger partial charge < -0.3 is 19.3 Å². The molecule has 0 heterocycles. The van der Waals surface area contributed by atoms with Crippen LogP contribution in [0.25, 0.3) is 0 Å². The monoisotopic (exact) mass is 424 g/mol. The van der Waals surface area contributed by atoms with Gasteiger partial charge in [0.15, 0.2) is 0 Å². The highest BCUT2D eigenvalue weighted by atomic mass is 19.4. The van der Waals surface area contributed by atoms with E-state index in [9.17, 15) is 18.0 Å². The molecule has 164 valence electrons. The van der Waals surface area contributed by atoms with E-state index in [-0.39, 0.29) is 16.8 Å². The van der Waals surface area contributed by atoms with Crippen LogP contribution in [0.15, 0.2) is 36.4 Å². The van der Waals surface area contributed by atoms with Gasteiger partial charge in [0.05, 0.1) is 12.2 Å². The molecule has 0 spiro atoms. The first-order valence-electron chi connectivity index (χ1n) is 9.55. The minimum atomic E-state index is -4.51. The molecule has 0 radical (unpaired) electrons. The molecular weight excluding hydrogens is 397 g/mol. The molecule has 2 rings (SSSR count). The number of halogens is 3. The zero-order valence-corrected chi connectivity index (χ0v) is 17.8. The van der Waals surface area contributed by atoms with Gasteiger partial charge in [0.25, 0.3) is 5.91 Å². The smallest absolute Gasteiger partial charge is 0.416 e. The number of hydrogen-bond acceptors (Lipinski definition) is 4. The summed E-state index contributed by atoms with van der Waals surface area (Å²) in [6.07, 6.45) is -4.51.